The van der Waals surface area contributed by atoms with Crippen molar-refractivity contribution in [2.75, 3.05) is 30.8 Å². The number of pyridine rings is 1. The molecule has 0 radical (unpaired) electrons. The smallest absolute Gasteiger partial charge is 0.325 e. The average Bonchev–Trinajstić information content (AvgIpc) is 0.750. The van der Waals surface area contributed by atoms with E-state index >= 15 is 28.8 Å². The second kappa shape index (κ2) is 38.2. The van der Waals surface area contributed by atoms with E-state index in [9.17, 15) is 60.3 Å². The Morgan fingerprint density at radius 2 is 1.37 bits per heavy atom. The van der Waals surface area contributed by atoms with Crippen molar-refractivity contribution in [3.05, 3.63) is 136 Å². The summed E-state index contributed by atoms with van der Waals surface area (Å²) < 4.78 is 39.4. The van der Waals surface area contributed by atoms with Gasteiger partial charge in [0.2, 0.25) is 59.3 Å². The van der Waals surface area contributed by atoms with Crippen LogP contribution in [-0.2, 0) is 52.6 Å². The van der Waals surface area contributed by atoms with E-state index in [-0.39, 0.29) is 92.8 Å². The molecule has 676 valence electrons. The molecule has 10 amide bonds. The van der Waals surface area contributed by atoms with E-state index in [0.29, 0.717) is 24.2 Å². The first-order valence-electron chi connectivity index (χ1n) is 42.4. The number of aliphatic hydroxyl groups is 6. The summed E-state index contributed by atoms with van der Waals surface area (Å²) in [7, 11) is 1.49. The Bertz CT molecular complexity index is 5100. The molecule has 11 aliphatic rings. The van der Waals surface area contributed by atoms with Crippen LogP contribution in [-0.4, -0.2) is 209 Å². The molecule has 37 nitrogen and oxygen atoms in total. The lowest BCUT2D eigenvalue weighted by molar-refractivity contribution is -0.333. The molecule has 126 heavy (non-hydrogen) atoms. The van der Waals surface area contributed by atoms with Gasteiger partial charge in [0.1, 0.15) is 101 Å². The van der Waals surface area contributed by atoms with E-state index in [1.165, 1.54) is 70.4 Å². The number of ether oxygens (including phenoxy) is 6. The van der Waals surface area contributed by atoms with Crippen molar-refractivity contribution in [3.63, 3.8) is 0 Å². The van der Waals surface area contributed by atoms with Crippen LogP contribution in [0.5, 0.6) is 46.0 Å². The predicted octanol–water partition coefficient (Wildman–Crippen LogP) is 4.48. The zero-order chi connectivity index (χ0) is 90.2. The summed E-state index contributed by atoms with van der Waals surface area (Å²) in [4.78, 5) is 143. The molecule has 1 aromatic heterocycles. The standard InChI is InChI=1S/C88H108ClN13O24/c1-8-9-10-19-92-62-18-14-48(35-93-62)94-87(120)96-63(107)33-54-80(114)98-68-47-29-59(122-57-16-12-43(21-38(57)4)72(108)70(84(118)95-54)101-79(113)53(91-7)20-37(2)3)76(126-86-77(75(111)74(110)61(36-103)124-86)125-64-34-88(6,90)78(112)39(5)121-64)60(30-47)123-58-17-13-44(28-52(58)89)73(109)71-85(119)100-69(83(117)97-66-45-23-40-22-41(25-45)26-46(66)24-40)51-31-49(104)32-56(106)65(51)50-27-42(11-15-55(50)105)67(81(115)102-71)99-82(68)116/h11-18,21,27-32,35,37,39-41,45-46,53-54,61,64,66-75,77-78,86,91,103-106,108-112H,8-10,19-20,22-26,33-34,36,90H2,1-7H3,(H,92,93)(H,95,118)(H,97,117)(H,98,114)(H,99,116)(H,100,119)(H,101,113)(H,102,115)(H2,94,96,107,120)/t39-,40?,41?,45?,46?,53+,54-,61+,64-,66?,67+,68+,69-,70+,71-,72+,73+,74+,75-,77+,78+,86-,88-/m0/s1. The molecule has 18 atom stereocenters. The zero-order valence-corrected chi connectivity index (χ0v) is 71.0. The normalized spacial score (nSPS) is 30.2. The number of benzene rings is 5. The minimum atomic E-state index is -2.39. The molecule has 6 fully saturated rings. The molecule has 4 saturated carbocycles. The van der Waals surface area contributed by atoms with Crippen molar-refractivity contribution in [1.29, 1.82) is 0 Å². The van der Waals surface area contributed by atoms with E-state index in [0.717, 1.165) is 99.9 Å². The van der Waals surface area contributed by atoms with Crippen molar-refractivity contribution in [2.45, 2.75) is 227 Å². The van der Waals surface area contributed by atoms with Crippen LogP contribution >= 0.6 is 11.6 Å². The summed E-state index contributed by atoms with van der Waals surface area (Å²) in [5, 5.41) is 136. The highest BCUT2D eigenvalue weighted by Crippen LogP contribution is 2.55. The number of carbonyl (C=O) groups excluding carboxylic acids is 9. The van der Waals surface area contributed by atoms with E-state index in [1.807, 2.05) is 13.8 Å². The molecule has 8 heterocycles. The van der Waals surface area contributed by atoms with Crippen LogP contribution in [0.4, 0.5) is 16.3 Å². The number of aryl methyl sites for hydroxylation is 1. The molecule has 7 aliphatic heterocycles. The van der Waals surface area contributed by atoms with Gasteiger partial charge in [-0.05, 0) is 202 Å². The van der Waals surface area contributed by atoms with Gasteiger partial charge in [0.05, 0.1) is 48.2 Å². The highest BCUT2D eigenvalue weighted by Gasteiger charge is 2.53. The number of halogens is 1. The fourth-order valence-electron chi connectivity index (χ4n) is 18.6. The number of imide groups is 1. The maximum Gasteiger partial charge on any atom is 0.325 e. The number of phenolic OH excluding ortho intramolecular Hbond substituents is 3. The van der Waals surface area contributed by atoms with Crippen LogP contribution in [0.2, 0.25) is 5.02 Å². The van der Waals surface area contributed by atoms with Gasteiger partial charge in [0.15, 0.2) is 23.9 Å². The lowest BCUT2D eigenvalue weighted by Crippen LogP contribution is -2.64. The average molecular weight is 1770 g/mol. The number of phenols is 3. The molecule has 22 N–H and O–H groups in total. The Kier molecular flexibility index (Phi) is 27.7. The molecular formula is C88H108ClN13O24. The van der Waals surface area contributed by atoms with E-state index in [2.05, 4.69) is 70.4 Å². The number of rotatable bonds is 20. The summed E-state index contributed by atoms with van der Waals surface area (Å²) in [6, 6.07) is 2.52. The number of anilines is 2. The number of nitrogens with zero attached hydrogens (tertiary/aromatic N) is 1. The monoisotopic (exact) mass is 1770 g/mol. The number of aromatic hydroxyl groups is 3. The number of urea groups is 1. The number of fused-ring (bicyclic) bond motifs is 15. The largest absolute Gasteiger partial charge is 0.508 e. The van der Waals surface area contributed by atoms with Gasteiger partial charge >= 0.3 is 6.03 Å². The number of aliphatic hydroxyl groups excluding tert-OH is 6. The molecule has 6 aromatic rings. The first-order chi connectivity index (χ1) is 60.0. The molecule has 4 aliphatic carbocycles. The van der Waals surface area contributed by atoms with E-state index in [4.69, 9.17) is 45.8 Å². The fourth-order valence-corrected chi connectivity index (χ4v) is 18.8. The van der Waals surface area contributed by atoms with Crippen molar-refractivity contribution in [1.82, 2.24) is 52.8 Å². The number of aromatic nitrogens is 1. The second-order valence-electron chi connectivity index (χ2n) is 34.8. The van der Waals surface area contributed by atoms with Crippen LogP contribution in [0.1, 0.15) is 169 Å². The number of likely N-dealkylation sites (N-methyl/N-ethyl adjacent to an activating group) is 1. The maximum absolute atomic E-state index is 16.7. The van der Waals surface area contributed by atoms with Crippen molar-refractivity contribution in [3.8, 4) is 57.1 Å². The highest BCUT2D eigenvalue weighted by molar-refractivity contribution is 6.32. The van der Waals surface area contributed by atoms with Gasteiger partial charge in [-0.2, -0.15) is 0 Å². The SMILES string of the molecule is CCCCCNc1ccc(NC(=O)NC(=O)C[C@@H]2NC(=O)[C@H](NC(=O)[C@@H](CC(C)C)NC)[C@H](O)c3ccc(c(C)c3)Oc3cc4cc(c3O[C@@H]3O[C@H](CO)[C@@H](O)[C@H](O)[C@H]3O[C@H]3C[C@](C)(N)[C@H](O)[C@H](C)O3)Oc3ccc(cc3Cl)[C@@H](O)[C@@H]3NC(=O)[C@H](NC(=O)[C@@H]4NC2=O)c2ccc(O)c(c2)-c2c(O)cc(O)cc2[C@@H](C(=O)NC2C4CC5CC(C4)CC2C5)NC3=O)cn1. The third kappa shape index (κ3) is 19.9. The number of hydrogen-bond acceptors (Lipinski definition) is 28. The molecule has 5 aromatic carbocycles. The third-order valence-electron chi connectivity index (χ3n) is 24.9. The molecule has 17 rings (SSSR count). The number of carbonyl (C=O) groups is 9. The van der Waals surface area contributed by atoms with Gasteiger partial charge in [-0.1, -0.05) is 63.4 Å². The van der Waals surface area contributed by atoms with Gasteiger partial charge in [-0.15, -0.1) is 0 Å². The van der Waals surface area contributed by atoms with Gasteiger partial charge in [-0.25, -0.2) is 9.78 Å². The van der Waals surface area contributed by atoms with Gasteiger partial charge in [0.25, 0.3) is 0 Å². The first-order valence-corrected chi connectivity index (χ1v) is 42.8. The lowest BCUT2D eigenvalue weighted by Gasteiger charge is -2.54. The summed E-state index contributed by atoms with van der Waals surface area (Å²) in [6.45, 7) is 9.91. The van der Waals surface area contributed by atoms with Crippen LogP contribution in [0.15, 0.2) is 97.2 Å². The zero-order valence-electron chi connectivity index (χ0n) is 70.3. The Balaban J connectivity index is 0.951. The van der Waals surface area contributed by atoms with Crippen LogP contribution in [0.3, 0.4) is 0 Å². The summed E-state index contributed by atoms with van der Waals surface area (Å²) in [5.41, 5.74) is 3.40. The van der Waals surface area contributed by atoms with Gasteiger partial charge in [-0.3, -0.25) is 43.7 Å². The topological polar surface area (TPSA) is 562 Å². The Morgan fingerprint density at radius 3 is 2.02 bits per heavy atom. The second-order valence-corrected chi connectivity index (χ2v) is 35.2. The number of nitrogens with one attached hydrogen (secondary N) is 11. The van der Waals surface area contributed by atoms with Crippen LogP contribution in [0, 0.1) is 36.5 Å². The first kappa shape index (κ1) is 91.2. The molecule has 15 bridgehead atoms. The van der Waals surface area contributed by atoms with Crippen LogP contribution in [0.25, 0.3) is 11.1 Å². The number of nitrogens with two attached hydrogens (primary N) is 1. The summed E-state index contributed by atoms with van der Waals surface area (Å²) >= 11 is 7.31. The lowest BCUT2D eigenvalue weighted by atomic mass is 9.54. The number of amides is 10. The molecule has 2 saturated heterocycles. The highest BCUT2D eigenvalue weighted by atomic mass is 35.5. The number of unbranched alkanes of at least 4 members (excludes halogenated alkanes) is 2. The predicted molar refractivity (Wildman–Crippen MR) is 451 cm³/mol. The molecule has 38 heteroatoms. The van der Waals surface area contributed by atoms with Crippen molar-refractivity contribution >= 4 is 76.4 Å². The summed E-state index contributed by atoms with van der Waals surface area (Å²) in [5.74, 6) is -12.6. The summed E-state index contributed by atoms with van der Waals surface area (Å²) in [6.07, 6.45) is -10.2. The van der Waals surface area contributed by atoms with E-state index in [1.54, 1.807) is 6.07 Å². The van der Waals surface area contributed by atoms with Gasteiger partial charge in [0, 0.05) is 41.7 Å². The van der Waals surface area contributed by atoms with Crippen molar-refractivity contribution in [2.24, 2.45) is 35.3 Å². The minimum Gasteiger partial charge on any atom is -0.508 e. The molecule has 0 unspecified atom stereocenters. The maximum atomic E-state index is 16.7. The fraction of sp³-hybridized carbons (Fsp3) is 0.500. The Hall–Kier alpha value is -11.1. The molecular weight excluding hydrogens is 1660 g/mol. The third-order valence-corrected chi connectivity index (χ3v) is 25.2. The van der Waals surface area contributed by atoms with Crippen LogP contribution < -0.4 is 78.4 Å². The van der Waals surface area contributed by atoms with E-state index < -0.39 is 221 Å². The Morgan fingerprint density at radius 1 is 0.706 bits per heavy atom. The number of hydrogen-bond donors (Lipinski definition) is 21. The minimum absolute atomic E-state index is 0.0580. The molecule has 0 spiro atoms. The van der Waals surface area contributed by atoms with Crippen molar-refractivity contribution < 1.29 is 118 Å². The quantitative estimate of drug-likeness (QED) is 0.0468. The van der Waals surface area contributed by atoms with Gasteiger partial charge < -0.3 is 133 Å². The Labute approximate surface area is 729 Å².